The van der Waals surface area contributed by atoms with E-state index in [1.807, 2.05) is 41.3 Å². The van der Waals surface area contributed by atoms with Gasteiger partial charge in [-0.3, -0.25) is 14.5 Å². The Labute approximate surface area is 201 Å². The van der Waals surface area contributed by atoms with E-state index in [0.717, 1.165) is 93.2 Å². The van der Waals surface area contributed by atoms with E-state index in [-0.39, 0.29) is 11.8 Å². The molecule has 174 valence electrons. The maximum atomic E-state index is 13.1. The van der Waals surface area contributed by atoms with Gasteiger partial charge in [-0.2, -0.15) is 0 Å². The number of rotatable bonds is 5. The van der Waals surface area contributed by atoms with Crippen molar-refractivity contribution in [3.8, 4) is 0 Å². The lowest BCUT2D eigenvalue weighted by Gasteiger charge is -2.38. The molecule has 0 unspecified atom stereocenters. The van der Waals surface area contributed by atoms with E-state index in [2.05, 4.69) is 21.9 Å². The average Bonchev–Trinajstić information content (AvgIpc) is 3.16. The molecular formula is C27H32ClN3O2. The fraction of sp³-hybridized carbons (Fsp3) is 0.481. The summed E-state index contributed by atoms with van der Waals surface area (Å²) in [7, 11) is 0. The van der Waals surface area contributed by atoms with Crippen LogP contribution in [0.4, 0.5) is 0 Å². The highest BCUT2D eigenvalue weighted by molar-refractivity contribution is 6.31. The second kappa shape index (κ2) is 9.86. The Morgan fingerprint density at radius 3 is 2.33 bits per heavy atom. The number of carbonyl (C=O) groups is 2. The second-order valence-electron chi connectivity index (χ2n) is 9.75. The Kier molecular flexibility index (Phi) is 6.70. The normalized spacial score (nSPS) is 23.6. The number of hydrogen-bond donors (Lipinski definition) is 0. The number of amides is 2. The van der Waals surface area contributed by atoms with E-state index in [1.165, 1.54) is 0 Å². The third-order valence-corrected chi connectivity index (χ3v) is 7.98. The van der Waals surface area contributed by atoms with Gasteiger partial charge in [0.2, 0.25) is 5.91 Å². The summed E-state index contributed by atoms with van der Waals surface area (Å²) in [5, 5.41) is 0.812. The number of carbonyl (C=O) groups excluding carboxylic acids is 2. The topological polar surface area (TPSA) is 43.9 Å². The van der Waals surface area contributed by atoms with Crippen molar-refractivity contribution in [2.45, 2.75) is 38.8 Å². The molecule has 2 aliphatic heterocycles. The lowest BCUT2D eigenvalue weighted by atomic mass is 9.81. The Bertz CT molecular complexity index is 1010. The van der Waals surface area contributed by atoms with Crippen LogP contribution < -0.4 is 0 Å². The molecule has 3 aliphatic rings. The number of halogens is 1. The molecule has 1 aliphatic carbocycles. The number of benzene rings is 2. The fourth-order valence-electron chi connectivity index (χ4n) is 5.62. The molecule has 1 saturated heterocycles. The van der Waals surface area contributed by atoms with Crippen LogP contribution in [-0.4, -0.2) is 59.2 Å². The number of hydrogen-bond acceptors (Lipinski definition) is 3. The molecule has 6 heteroatoms. The van der Waals surface area contributed by atoms with Gasteiger partial charge in [0, 0.05) is 62.3 Å². The van der Waals surface area contributed by atoms with Crippen molar-refractivity contribution in [2.24, 2.45) is 11.8 Å². The molecule has 0 atom stereocenters. The third-order valence-electron chi connectivity index (χ3n) is 7.61. The van der Waals surface area contributed by atoms with Gasteiger partial charge in [0.05, 0.1) is 0 Å². The zero-order valence-corrected chi connectivity index (χ0v) is 19.8. The molecule has 0 aromatic heterocycles. The fourth-order valence-corrected chi connectivity index (χ4v) is 5.81. The summed E-state index contributed by atoms with van der Waals surface area (Å²) in [4.78, 5) is 32.3. The van der Waals surface area contributed by atoms with E-state index in [1.54, 1.807) is 0 Å². The van der Waals surface area contributed by atoms with Crippen LogP contribution >= 0.6 is 11.6 Å². The number of nitrogens with zero attached hydrogens (tertiary/aromatic N) is 3. The van der Waals surface area contributed by atoms with Gasteiger partial charge in [0.1, 0.15) is 0 Å². The maximum Gasteiger partial charge on any atom is 0.254 e. The standard InChI is InChI=1S/C27H32ClN3O2/c28-25-8-4-2-6-23(25)18-29-13-15-30(16-14-29)26(32)21-11-9-20(10-12-21)17-31-19-22-5-1-3-7-24(22)27(31)33/h1-8,20-21H,9-19H2. The van der Waals surface area contributed by atoms with Crippen molar-refractivity contribution >= 4 is 23.4 Å². The Morgan fingerprint density at radius 1 is 0.909 bits per heavy atom. The minimum Gasteiger partial charge on any atom is -0.340 e. The van der Waals surface area contributed by atoms with E-state index in [4.69, 9.17) is 11.6 Å². The van der Waals surface area contributed by atoms with E-state index in [9.17, 15) is 9.59 Å². The molecule has 1 saturated carbocycles. The zero-order chi connectivity index (χ0) is 22.8. The van der Waals surface area contributed by atoms with Gasteiger partial charge >= 0.3 is 0 Å². The monoisotopic (exact) mass is 465 g/mol. The van der Waals surface area contributed by atoms with Crippen LogP contribution in [0.25, 0.3) is 0 Å². The zero-order valence-electron chi connectivity index (χ0n) is 19.1. The van der Waals surface area contributed by atoms with E-state index < -0.39 is 0 Å². The smallest absolute Gasteiger partial charge is 0.254 e. The molecule has 5 rings (SSSR count). The van der Waals surface area contributed by atoms with Crippen molar-refractivity contribution < 1.29 is 9.59 Å². The van der Waals surface area contributed by atoms with Gasteiger partial charge in [-0.15, -0.1) is 0 Å². The first-order chi connectivity index (χ1) is 16.1. The van der Waals surface area contributed by atoms with Gasteiger partial charge in [0.25, 0.3) is 5.91 Å². The lowest BCUT2D eigenvalue weighted by molar-refractivity contribution is -0.138. The molecule has 33 heavy (non-hydrogen) atoms. The molecular weight excluding hydrogens is 434 g/mol. The SMILES string of the molecule is O=C1c2ccccc2CN1CC1CCC(C(=O)N2CCN(Cc3ccccc3Cl)CC2)CC1. The number of fused-ring (bicyclic) bond motifs is 1. The third kappa shape index (κ3) is 4.95. The average molecular weight is 466 g/mol. The van der Waals surface area contributed by atoms with Crippen LogP contribution in [0, 0.1) is 11.8 Å². The molecule has 5 nitrogen and oxygen atoms in total. The van der Waals surface area contributed by atoms with Crippen molar-refractivity contribution in [3.05, 3.63) is 70.2 Å². The van der Waals surface area contributed by atoms with Crippen LogP contribution in [0.2, 0.25) is 5.02 Å². The first kappa shape index (κ1) is 22.4. The molecule has 0 bridgehead atoms. The molecule has 2 amide bonds. The molecule has 0 spiro atoms. The molecule has 2 aromatic carbocycles. The van der Waals surface area contributed by atoms with Crippen LogP contribution in [-0.2, 0) is 17.9 Å². The van der Waals surface area contributed by atoms with Gasteiger partial charge in [-0.1, -0.05) is 48.0 Å². The molecule has 2 fully saturated rings. The largest absolute Gasteiger partial charge is 0.340 e. The maximum absolute atomic E-state index is 13.1. The quantitative estimate of drug-likeness (QED) is 0.655. The van der Waals surface area contributed by atoms with Crippen molar-refractivity contribution in [1.29, 1.82) is 0 Å². The minimum absolute atomic E-state index is 0.142. The van der Waals surface area contributed by atoms with Gasteiger partial charge < -0.3 is 9.80 Å². The van der Waals surface area contributed by atoms with E-state index >= 15 is 0 Å². The van der Waals surface area contributed by atoms with Gasteiger partial charge in [-0.25, -0.2) is 0 Å². The van der Waals surface area contributed by atoms with Crippen LogP contribution in [0.5, 0.6) is 0 Å². The van der Waals surface area contributed by atoms with Crippen LogP contribution in [0.3, 0.4) is 0 Å². The highest BCUT2D eigenvalue weighted by Gasteiger charge is 2.34. The van der Waals surface area contributed by atoms with Crippen molar-refractivity contribution in [1.82, 2.24) is 14.7 Å². The summed E-state index contributed by atoms with van der Waals surface area (Å²) in [5.74, 6) is 1.14. The Hall–Kier alpha value is -2.37. The summed E-state index contributed by atoms with van der Waals surface area (Å²) in [6.45, 7) is 5.76. The minimum atomic E-state index is 0.142. The summed E-state index contributed by atoms with van der Waals surface area (Å²) < 4.78 is 0. The van der Waals surface area contributed by atoms with Crippen molar-refractivity contribution in [3.63, 3.8) is 0 Å². The van der Waals surface area contributed by atoms with E-state index in [0.29, 0.717) is 11.8 Å². The number of piperazine rings is 1. The highest BCUT2D eigenvalue weighted by atomic mass is 35.5. The first-order valence-electron chi connectivity index (χ1n) is 12.2. The molecule has 0 N–H and O–H groups in total. The predicted octanol–water partition coefficient (Wildman–Crippen LogP) is 4.45. The summed E-state index contributed by atoms with van der Waals surface area (Å²) in [5.41, 5.74) is 3.15. The molecule has 0 radical (unpaired) electrons. The summed E-state index contributed by atoms with van der Waals surface area (Å²) in [6, 6.07) is 15.9. The van der Waals surface area contributed by atoms with Gasteiger partial charge in [-0.05, 0) is 54.9 Å². The van der Waals surface area contributed by atoms with Gasteiger partial charge in [0.15, 0.2) is 0 Å². The highest BCUT2D eigenvalue weighted by Crippen LogP contribution is 2.33. The predicted molar refractivity (Wildman–Crippen MR) is 130 cm³/mol. The Morgan fingerprint density at radius 2 is 1.61 bits per heavy atom. The molecule has 2 heterocycles. The molecule has 2 aromatic rings. The summed E-state index contributed by atoms with van der Waals surface area (Å²) in [6.07, 6.45) is 3.95. The van der Waals surface area contributed by atoms with Crippen LogP contribution in [0.1, 0.15) is 47.2 Å². The summed E-state index contributed by atoms with van der Waals surface area (Å²) >= 11 is 6.31. The second-order valence-corrected chi connectivity index (χ2v) is 10.2. The lowest BCUT2D eigenvalue weighted by Crippen LogP contribution is -2.50. The van der Waals surface area contributed by atoms with Crippen molar-refractivity contribution in [2.75, 3.05) is 32.7 Å². The van der Waals surface area contributed by atoms with Crippen LogP contribution in [0.15, 0.2) is 48.5 Å². The Balaban J connectivity index is 1.06. The first-order valence-corrected chi connectivity index (χ1v) is 12.6.